The molecule has 0 fully saturated rings. The van der Waals surface area contributed by atoms with E-state index in [1.165, 1.54) is 11.8 Å². The lowest BCUT2D eigenvalue weighted by Gasteiger charge is -2.22. The lowest BCUT2D eigenvalue weighted by Crippen LogP contribution is -2.34. The van der Waals surface area contributed by atoms with Crippen LogP contribution in [0.5, 0.6) is 0 Å². The second-order valence-electron chi connectivity index (χ2n) is 4.69. The van der Waals surface area contributed by atoms with Crippen LogP contribution in [-0.2, 0) is 5.54 Å². The first-order valence-corrected chi connectivity index (χ1v) is 6.10. The third-order valence-electron chi connectivity index (χ3n) is 2.10. The van der Waals surface area contributed by atoms with Crippen LogP contribution in [0.1, 0.15) is 27.7 Å². The number of nitrogens with zero attached hydrogens (tertiary/aromatic N) is 2. The topological polar surface area (TPSA) is 55.1 Å². The minimum atomic E-state index is -0.252. The van der Waals surface area contributed by atoms with Crippen LogP contribution >= 0.6 is 11.8 Å². The molecular formula is C11H18N2O2S. The van der Waals surface area contributed by atoms with E-state index in [-0.39, 0.29) is 23.0 Å². The zero-order chi connectivity index (χ0) is 12.3. The number of aliphatic hydroxyl groups is 1. The highest BCUT2D eigenvalue weighted by Crippen LogP contribution is 2.18. The van der Waals surface area contributed by atoms with Crippen LogP contribution in [0.2, 0.25) is 0 Å². The summed E-state index contributed by atoms with van der Waals surface area (Å²) in [6.07, 6.45) is 3.31. The van der Waals surface area contributed by atoms with E-state index in [0.29, 0.717) is 5.03 Å². The van der Waals surface area contributed by atoms with Gasteiger partial charge in [0.05, 0.1) is 6.61 Å². The van der Waals surface area contributed by atoms with Crippen molar-refractivity contribution in [3.05, 3.63) is 22.7 Å². The molecule has 1 heterocycles. The average molecular weight is 242 g/mol. The highest BCUT2D eigenvalue weighted by atomic mass is 32.2. The van der Waals surface area contributed by atoms with Crippen molar-refractivity contribution in [2.45, 2.75) is 43.5 Å². The van der Waals surface area contributed by atoms with Crippen LogP contribution in [0.4, 0.5) is 0 Å². The van der Waals surface area contributed by atoms with E-state index >= 15 is 0 Å². The normalized spacial score (nSPS) is 13.8. The van der Waals surface area contributed by atoms with Crippen LogP contribution in [-0.4, -0.2) is 26.5 Å². The van der Waals surface area contributed by atoms with Crippen LogP contribution in [0.25, 0.3) is 0 Å². The van der Waals surface area contributed by atoms with Crippen molar-refractivity contribution < 1.29 is 5.11 Å². The number of thioether (sulfide) groups is 1. The lowest BCUT2D eigenvalue weighted by atomic mass is 10.1. The quantitative estimate of drug-likeness (QED) is 0.816. The molecule has 0 bridgehead atoms. The molecule has 0 saturated heterocycles. The van der Waals surface area contributed by atoms with Crippen molar-refractivity contribution in [2.24, 2.45) is 0 Å². The molecule has 0 radical (unpaired) electrons. The fourth-order valence-corrected chi connectivity index (χ4v) is 2.01. The summed E-state index contributed by atoms with van der Waals surface area (Å²) in [5.74, 6) is 0. The molecule has 1 aromatic heterocycles. The van der Waals surface area contributed by atoms with Gasteiger partial charge in [0.2, 0.25) is 0 Å². The average Bonchev–Trinajstić information content (AvgIpc) is 2.19. The van der Waals surface area contributed by atoms with Crippen molar-refractivity contribution in [1.82, 2.24) is 9.55 Å². The van der Waals surface area contributed by atoms with E-state index in [1.807, 2.05) is 27.7 Å². The van der Waals surface area contributed by atoms with Crippen molar-refractivity contribution >= 4 is 11.8 Å². The van der Waals surface area contributed by atoms with Crippen molar-refractivity contribution in [1.29, 1.82) is 0 Å². The van der Waals surface area contributed by atoms with Gasteiger partial charge in [-0.2, -0.15) is 0 Å². The summed E-state index contributed by atoms with van der Waals surface area (Å²) >= 11 is 1.31. The summed E-state index contributed by atoms with van der Waals surface area (Å²) in [6, 6.07) is 0. The summed E-state index contributed by atoms with van der Waals surface area (Å²) in [4.78, 5) is 16.1. The third-order valence-corrected chi connectivity index (χ3v) is 3.16. The Morgan fingerprint density at radius 2 is 2.19 bits per heavy atom. The highest BCUT2D eigenvalue weighted by molar-refractivity contribution is 7.99. The van der Waals surface area contributed by atoms with Crippen LogP contribution in [0.15, 0.2) is 22.2 Å². The van der Waals surface area contributed by atoms with E-state index in [0.717, 1.165) is 0 Å². The van der Waals surface area contributed by atoms with Gasteiger partial charge in [0, 0.05) is 23.2 Å². The largest absolute Gasteiger partial charge is 0.395 e. The molecule has 5 heteroatoms. The Labute approximate surface area is 99.7 Å². The van der Waals surface area contributed by atoms with Crippen molar-refractivity contribution in [2.75, 3.05) is 6.61 Å². The molecule has 0 spiro atoms. The van der Waals surface area contributed by atoms with Crippen molar-refractivity contribution in [3.8, 4) is 0 Å². The maximum Gasteiger partial charge on any atom is 0.283 e. The molecule has 4 nitrogen and oxygen atoms in total. The Kier molecular flexibility index (Phi) is 4.15. The zero-order valence-electron chi connectivity index (χ0n) is 10.1. The lowest BCUT2D eigenvalue weighted by molar-refractivity contribution is 0.300. The molecule has 16 heavy (non-hydrogen) atoms. The number of aliphatic hydroxyl groups excluding tert-OH is 1. The molecule has 1 rings (SSSR count). The molecule has 1 unspecified atom stereocenters. The highest BCUT2D eigenvalue weighted by Gasteiger charge is 2.17. The summed E-state index contributed by atoms with van der Waals surface area (Å²) in [6.45, 7) is 7.81. The molecular weight excluding hydrogens is 224 g/mol. The Balaban J connectivity index is 3.10. The van der Waals surface area contributed by atoms with Gasteiger partial charge in [0.25, 0.3) is 5.56 Å². The van der Waals surface area contributed by atoms with Gasteiger partial charge in [-0.1, -0.05) is 18.7 Å². The molecule has 0 aliphatic rings. The molecule has 0 saturated carbocycles. The first kappa shape index (κ1) is 13.3. The molecule has 0 aromatic carbocycles. The number of hydrogen-bond donors (Lipinski definition) is 1. The van der Waals surface area contributed by atoms with E-state index in [9.17, 15) is 4.79 Å². The Morgan fingerprint density at radius 1 is 1.56 bits per heavy atom. The van der Waals surface area contributed by atoms with Crippen LogP contribution < -0.4 is 5.56 Å². The number of aromatic nitrogens is 2. The molecule has 90 valence electrons. The smallest absolute Gasteiger partial charge is 0.283 e. The Morgan fingerprint density at radius 3 is 2.69 bits per heavy atom. The fraction of sp³-hybridized carbons (Fsp3) is 0.636. The Hall–Kier alpha value is -0.810. The van der Waals surface area contributed by atoms with Crippen molar-refractivity contribution in [3.63, 3.8) is 0 Å². The van der Waals surface area contributed by atoms with Gasteiger partial charge in [0.15, 0.2) is 5.03 Å². The molecule has 0 aliphatic carbocycles. The zero-order valence-corrected chi connectivity index (χ0v) is 10.9. The maximum absolute atomic E-state index is 12.1. The third kappa shape index (κ3) is 3.09. The van der Waals surface area contributed by atoms with Gasteiger partial charge in [-0.3, -0.25) is 4.79 Å². The fourth-order valence-electron chi connectivity index (χ4n) is 1.23. The van der Waals surface area contributed by atoms with Crippen LogP contribution in [0.3, 0.4) is 0 Å². The minimum absolute atomic E-state index is 0.0176. The number of rotatable bonds is 3. The maximum atomic E-state index is 12.1. The molecule has 0 aliphatic heterocycles. The van der Waals surface area contributed by atoms with Gasteiger partial charge in [0.1, 0.15) is 0 Å². The standard InChI is InChI=1S/C11H18N2O2S/c1-8(7-14)16-9-10(15)13(6-5-12-9)11(2,3)4/h5-6,8,14H,7H2,1-4H3. The first-order valence-electron chi connectivity index (χ1n) is 5.22. The summed E-state index contributed by atoms with van der Waals surface area (Å²) < 4.78 is 1.66. The van der Waals surface area contributed by atoms with Gasteiger partial charge < -0.3 is 9.67 Å². The summed E-state index contributed by atoms with van der Waals surface area (Å²) in [5, 5.41) is 9.38. The second kappa shape index (κ2) is 5.01. The van der Waals surface area contributed by atoms with E-state index in [2.05, 4.69) is 4.98 Å². The minimum Gasteiger partial charge on any atom is -0.395 e. The monoisotopic (exact) mass is 242 g/mol. The summed E-state index contributed by atoms with van der Waals surface area (Å²) in [7, 11) is 0. The molecule has 1 aromatic rings. The predicted octanol–water partition coefficient (Wildman–Crippen LogP) is 1.47. The van der Waals surface area contributed by atoms with Crippen LogP contribution in [0, 0.1) is 0 Å². The summed E-state index contributed by atoms with van der Waals surface area (Å²) in [5.41, 5.74) is -0.349. The molecule has 1 atom stereocenters. The molecule has 0 amide bonds. The van der Waals surface area contributed by atoms with Gasteiger partial charge >= 0.3 is 0 Å². The molecule has 1 N–H and O–H groups in total. The van der Waals surface area contributed by atoms with E-state index in [1.54, 1.807) is 17.0 Å². The Bertz CT molecular complexity index is 409. The van der Waals surface area contributed by atoms with Gasteiger partial charge in [-0.25, -0.2) is 4.98 Å². The first-order chi connectivity index (χ1) is 7.36. The second-order valence-corrected chi connectivity index (χ2v) is 6.12. The van der Waals surface area contributed by atoms with Gasteiger partial charge in [-0.05, 0) is 20.8 Å². The van der Waals surface area contributed by atoms with E-state index in [4.69, 9.17) is 5.11 Å². The predicted molar refractivity (Wildman–Crippen MR) is 65.9 cm³/mol. The number of hydrogen-bond acceptors (Lipinski definition) is 4. The van der Waals surface area contributed by atoms with E-state index < -0.39 is 0 Å². The SMILES string of the molecule is CC(CO)Sc1nccn(C(C)(C)C)c1=O. The van der Waals surface area contributed by atoms with Gasteiger partial charge in [-0.15, -0.1) is 0 Å².